The molecular weight excluding hydrogens is 326 g/mol. The number of hydrogen-bond donors (Lipinski definition) is 3. The van der Waals surface area contributed by atoms with E-state index < -0.39 is 0 Å². The third-order valence-corrected chi connectivity index (χ3v) is 4.41. The summed E-state index contributed by atoms with van der Waals surface area (Å²) in [4.78, 5) is 12.4. The highest BCUT2D eigenvalue weighted by Gasteiger charge is 2.20. The Kier molecular flexibility index (Phi) is 3.69. The van der Waals surface area contributed by atoms with Crippen LogP contribution in [-0.4, -0.2) is 13.0 Å². The molecule has 2 aromatic carbocycles. The number of fused-ring (bicyclic) bond motifs is 2. The van der Waals surface area contributed by atoms with Gasteiger partial charge in [-0.1, -0.05) is 18.2 Å². The first-order chi connectivity index (χ1) is 12.6. The fourth-order valence-electron chi connectivity index (χ4n) is 3.23. The number of nitrogens with one attached hydrogen (secondary N) is 2. The van der Waals surface area contributed by atoms with Gasteiger partial charge in [0.1, 0.15) is 11.3 Å². The van der Waals surface area contributed by atoms with E-state index in [2.05, 4.69) is 5.32 Å². The predicted octanol–water partition coefficient (Wildman–Crippen LogP) is 3.63. The van der Waals surface area contributed by atoms with E-state index in [1.807, 2.05) is 36.4 Å². The van der Waals surface area contributed by atoms with Crippen LogP contribution in [0.4, 0.5) is 5.69 Å². The molecule has 0 fully saturated rings. The van der Waals surface area contributed by atoms with Crippen molar-refractivity contribution in [1.82, 2.24) is 5.32 Å². The van der Waals surface area contributed by atoms with Crippen molar-refractivity contribution < 1.29 is 9.21 Å². The molecule has 0 saturated heterocycles. The second kappa shape index (κ2) is 6.04. The molecule has 2 aromatic rings. The van der Waals surface area contributed by atoms with Crippen LogP contribution < -0.4 is 16.4 Å². The number of carbonyl (C=O) groups excluding carboxylic acids is 1. The average Bonchev–Trinajstić information content (AvgIpc) is 2.65. The number of nitrogen functional groups attached to an aromatic ring is 1. The molecular formula is C21H17N3O2. The number of nitrogens with two attached hydrogens (primary N) is 1. The molecule has 1 heterocycles. The van der Waals surface area contributed by atoms with Crippen LogP contribution in [0.3, 0.4) is 0 Å². The Bertz CT molecular complexity index is 1180. The van der Waals surface area contributed by atoms with Crippen molar-refractivity contribution in [2.24, 2.45) is 0 Å². The van der Waals surface area contributed by atoms with Crippen LogP contribution >= 0.6 is 0 Å². The van der Waals surface area contributed by atoms with E-state index in [1.54, 1.807) is 31.3 Å². The third-order valence-electron chi connectivity index (χ3n) is 4.41. The van der Waals surface area contributed by atoms with Crippen LogP contribution in [-0.2, 0) is 0 Å². The number of carbonyl (C=O) groups is 1. The summed E-state index contributed by atoms with van der Waals surface area (Å²) in [6, 6.07) is 18.2. The van der Waals surface area contributed by atoms with Gasteiger partial charge in [0.2, 0.25) is 0 Å². The number of hydrogen-bond acceptors (Lipinski definition) is 4. The minimum atomic E-state index is -0.157. The molecule has 26 heavy (non-hydrogen) atoms. The quantitative estimate of drug-likeness (QED) is 0.383. The minimum absolute atomic E-state index is 0.157. The number of anilines is 1. The van der Waals surface area contributed by atoms with Gasteiger partial charge in [0, 0.05) is 46.9 Å². The lowest BCUT2D eigenvalue weighted by Crippen LogP contribution is -2.18. The third kappa shape index (κ3) is 2.50. The fourth-order valence-corrected chi connectivity index (χ4v) is 3.23. The maximum absolute atomic E-state index is 12.4. The summed E-state index contributed by atoms with van der Waals surface area (Å²) >= 11 is 0. The molecule has 0 spiro atoms. The lowest BCUT2D eigenvalue weighted by Gasteiger charge is -2.17. The zero-order chi connectivity index (χ0) is 18.3. The van der Waals surface area contributed by atoms with E-state index in [0.717, 1.165) is 22.1 Å². The predicted molar refractivity (Wildman–Crippen MR) is 102 cm³/mol. The molecule has 0 radical (unpaired) electrons. The summed E-state index contributed by atoms with van der Waals surface area (Å²) in [5, 5.41) is 11.8. The number of rotatable bonds is 2. The normalized spacial score (nSPS) is 11.0. The zero-order valence-electron chi connectivity index (χ0n) is 14.2. The van der Waals surface area contributed by atoms with Crippen molar-refractivity contribution in [3.05, 3.63) is 71.6 Å². The maximum atomic E-state index is 12.4. The van der Waals surface area contributed by atoms with Gasteiger partial charge in [0.15, 0.2) is 0 Å². The Morgan fingerprint density at radius 3 is 2.65 bits per heavy atom. The molecule has 0 saturated carbocycles. The molecule has 5 nitrogen and oxygen atoms in total. The summed E-state index contributed by atoms with van der Waals surface area (Å²) in [7, 11) is 1.61. The van der Waals surface area contributed by atoms with E-state index in [0.29, 0.717) is 28.0 Å². The van der Waals surface area contributed by atoms with E-state index in [4.69, 9.17) is 15.6 Å². The van der Waals surface area contributed by atoms with Crippen molar-refractivity contribution in [3.63, 3.8) is 0 Å². The lowest BCUT2D eigenvalue weighted by molar-refractivity contribution is 0.0963. The van der Waals surface area contributed by atoms with Crippen LogP contribution in [0, 0.1) is 5.41 Å². The SMILES string of the molecule is CNC(=O)c1ccccc1-c1c2ccc(=N)cc-2oc2cc(N)ccc12. The summed E-state index contributed by atoms with van der Waals surface area (Å²) < 4.78 is 6.00. The van der Waals surface area contributed by atoms with Gasteiger partial charge >= 0.3 is 0 Å². The number of benzene rings is 3. The van der Waals surface area contributed by atoms with Crippen LogP contribution in [0.15, 0.2) is 65.1 Å². The fraction of sp³-hybridized carbons (Fsp3) is 0.0476. The van der Waals surface area contributed by atoms with Gasteiger partial charge in [0.25, 0.3) is 5.91 Å². The Morgan fingerprint density at radius 2 is 1.85 bits per heavy atom. The molecule has 1 amide bonds. The van der Waals surface area contributed by atoms with Crippen molar-refractivity contribution >= 4 is 22.6 Å². The first-order valence-corrected chi connectivity index (χ1v) is 8.20. The largest absolute Gasteiger partial charge is 0.456 e. The van der Waals surface area contributed by atoms with Crippen molar-refractivity contribution in [2.45, 2.75) is 0 Å². The van der Waals surface area contributed by atoms with Crippen molar-refractivity contribution in [3.8, 4) is 22.5 Å². The van der Waals surface area contributed by atoms with Gasteiger partial charge in [-0.3, -0.25) is 4.79 Å². The minimum Gasteiger partial charge on any atom is -0.456 e. The van der Waals surface area contributed by atoms with Gasteiger partial charge in [-0.25, -0.2) is 0 Å². The number of amides is 1. The Balaban J connectivity index is 2.18. The van der Waals surface area contributed by atoms with Gasteiger partial charge in [-0.2, -0.15) is 0 Å². The van der Waals surface area contributed by atoms with Crippen LogP contribution in [0.5, 0.6) is 0 Å². The molecule has 0 unspecified atom stereocenters. The smallest absolute Gasteiger partial charge is 0.251 e. The van der Waals surface area contributed by atoms with E-state index in [1.165, 1.54) is 0 Å². The topological polar surface area (TPSA) is 92.1 Å². The Morgan fingerprint density at radius 1 is 1.04 bits per heavy atom. The first kappa shape index (κ1) is 15.9. The van der Waals surface area contributed by atoms with Crippen molar-refractivity contribution in [1.29, 1.82) is 5.41 Å². The molecule has 4 rings (SSSR count). The molecule has 0 bridgehead atoms. The molecule has 0 aromatic heterocycles. The molecule has 4 N–H and O–H groups in total. The van der Waals surface area contributed by atoms with Gasteiger partial charge in [-0.15, -0.1) is 0 Å². The summed E-state index contributed by atoms with van der Waals surface area (Å²) in [5.41, 5.74) is 10.2. The summed E-state index contributed by atoms with van der Waals surface area (Å²) in [6.45, 7) is 0. The second-order valence-corrected chi connectivity index (χ2v) is 6.07. The molecule has 0 atom stereocenters. The highest BCUT2D eigenvalue weighted by Crippen LogP contribution is 2.41. The molecule has 2 aliphatic rings. The molecule has 1 aliphatic heterocycles. The van der Waals surface area contributed by atoms with Crippen LogP contribution in [0.2, 0.25) is 0 Å². The lowest BCUT2D eigenvalue weighted by atomic mass is 9.90. The van der Waals surface area contributed by atoms with Gasteiger partial charge < -0.3 is 20.9 Å². The second-order valence-electron chi connectivity index (χ2n) is 6.07. The first-order valence-electron chi connectivity index (χ1n) is 8.20. The van der Waals surface area contributed by atoms with E-state index >= 15 is 0 Å². The highest BCUT2D eigenvalue weighted by molar-refractivity contribution is 6.09. The Hall–Kier alpha value is -3.60. The zero-order valence-corrected chi connectivity index (χ0v) is 14.2. The summed E-state index contributed by atoms with van der Waals surface area (Å²) in [5.74, 6) is 0.424. The van der Waals surface area contributed by atoms with E-state index in [-0.39, 0.29) is 5.91 Å². The average molecular weight is 343 g/mol. The standard InChI is InChI=1S/C21H17N3O2/c1-24-21(25)15-5-3-2-4-14(15)20-16-8-6-12(22)10-18(16)26-19-11-13(23)7-9-17(19)20/h2-11,22H,23H2,1H3,(H,24,25). The van der Waals surface area contributed by atoms with Crippen molar-refractivity contribution in [2.75, 3.05) is 12.8 Å². The molecule has 128 valence electrons. The highest BCUT2D eigenvalue weighted by atomic mass is 16.3. The van der Waals surface area contributed by atoms with Crippen LogP contribution in [0.1, 0.15) is 10.4 Å². The molecule has 5 heteroatoms. The maximum Gasteiger partial charge on any atom is 0.251 e. The monoisotopic (exact) mass is 343 g/mol. The van der Waals surface area contributed by atoms with Gasteiger partial charge in [0.05, 0.1) is 5.36 Å². The summed E-state index contributed by atoms with van der Waals surface area (Å²) in [6.07, 6.45) is 0. The van der Waals surface area contributed by atoms with Crippen LogP contribution in [0.25, 0.3) is 33.4 Å². The van der Waals surface area contributed by atoms with E-state index in [9.17, 15) is 4.79 Å². The molecule has 1 aliphatic carbocycles. The Labute approximate surface area is 149 Å². The van der Waals surface area contributed by atoms with Gasteiger partial charge in [-0.05, 0) is 35.9 Å².